The second kappa shape index (κ2) is 10.2. The topological polar surface area (TPSA) is 65.5 Å². The molecule has 0 saturated heterocycles. The molecule has 5 nitrogen and oxygen atoms in total. The Balaban J connectivity index is 1.64. The fourth-order valence-electron chi connectivity index (χ4n) is 2.89. The van der Waals surface area contributed by atoms with Crippen LogP contribution in [0, 0.1) is 0 Å². The molecule has 1 aliphatic rings. The highest BCUT2D eigenvalue weighted by atomic mass is 35.5. The lowest BCUT2D eigenvalue weighted by Crippen LogP contribution is -2.46. The molecule has 1 saturated carbocycles. The van der Waals surface area contributed by atoms with Gasteiger partial charge in [0.1, 0.15) is 0 Å². The van der Waals surface area contributed by atoms with E-state index in [2.05, 4.69) is 20.9 Å². The Hall–Kier alpha value is -1.75. The summed E-state index contributed by atoms with van der Waals surface area (Å²) in [6.45, 7) is 0.989. The Labute approximate surface area is 149 Å². The summed E-state index contributed by atoms with van der Waals surface area (Å²) in [7, 11) is 1.71. The lowest BCUT2D eigenvalue weighted by molar-refractivity contribution is -0.120. The molecule has 0 aliphatic heterocycles. The zero-order chi connectivity index (χ0) is 17.2. The second-order valence-corrected chi connectivity index (χ2v) is 6.57. The number of carbonyl (C=O) groups is 1. The van der Waals surface area contributed by atoms with E-state index in [9.17, 15) is 4.79 Å². The van der Waals surface area contributed by atoms with Crippen LogP contribution < -0.4 is 16.0 Å². The summed E-state index contributed by atoms with van der Waals surface area (Å²) in [6, 6.07) is 8.14. The van der Waals surface area contributed by atoms with Gasteiger partial charge in [-0.25, -0.2) is 0 Å². The second-order valence-electron chi connectivity index (χ2n) is 6.13. The van der Waals surface area contributed by atoms with Crippen molar-refractivity contribution in [2.24, 2.45) is 4.99 Å². The Bertz CT molecular complexity index is 538. The van der Waals surface area contributed by atoms with Crippen LogP contribution in [-0.4, -0.2) is 38.0 Å². The SMILES string of the molecule is CN=C(NCCc1ccc(Cl)cc1)NCC(=O)NC1CCCCC1. The number of hydrogen-bond donors (Lipinski definition) is 3. The minimum Gasteiger partial charge on any atom is -0.356 e. The van der Waals surface area contributed by atoms with E-state index in [0.717, 1.165) is 30.8 Å². The van der Waals surface area contributed by atoms with Gasteiger partial charge in [0.25, 0.3) is 0 Å². The molecule has 1 aromatic carbocycles. The quantitative estimate of drug-likeness (QED) is 0.545. The first-order valence-electron chi connectivity index (χ1n) is 8.65. The molecule has 0 radical (unpaired) electrons. The molecule has 0 aromatic heterocycles. The van der Waals surface area contributed by atoms with Gasteiger partial charge >= 0.3 is 0 Å². The largest absolute Gasteiger partial charge is 0.356 e. The number of halogens is 1. The molecule has 2 rings (SSSR count). The lowest BCUT2D eigenvalue weighted by atomic mass is 9.95. The fourth-order valence-corrected chi connectivity index (χ4v) is 3.01. The standard InChI is InChI=1S/C18H27ClN4O/c1-20-18(21-12-11-14-7-9-15(19)10-8-14)22-13-17(24)23-16-5-3-2-4-6-16/h7-10,16H,2-6,11-13H2,1H3,(H,23,24)(H2,20,21,22). The van der Waals surface area contributed by atoms with Crippen molar-refractivity contribution in [2.75, 3.05) is 20.1 Å². The summed E-state index contributed by atoms with van der Waals surface area (Å²) in [4.78, 5) is 16.1. The van der Waals surface area contributed by atoms with Crippen LogP contribution in [-0.2, 0) is 11.2 Å². The van der Waals surface area contributed by atoms with E-state index in [1.165, 1.54) is 24.8 Å². The van der Waals surface area contributed by atoms with E-state index >= 15 is 0 Å². The van der Waals surface area contributed by atoms with Gasteiger partial charge in [-0.1, -0.05) is 43.0 Å². The molecule has 1 aromatic rings. The molecular weight excluding hydrogens is 324 g/mol. The first kappa shape index (κ1) is 18.6. The molecule has 6 heteroatoms. The van der Waals surface area contributed by atoms with Crippen LogP contribution >= 0.6 is 11.6 Å². The third kappa shape index (κ3) is 6.79. The molecular formula is C18H27ClN4O. The van der Waals surface area contributed by atoms with Gasteiger partial charge in [-0.05, 0) is 37.0 Å². The number of guanidine groups is 1. The number of amides is 1. The van der Waals surface area contributed by atoms with Crippen molar-refractivity contribution in [3.05, 3.63) is 34.9 Å². The van der Waals surface area contributed by atoms with Crippen LogP contribution in [0.2, 0.25) is 5.02 Å². The van der Waals surface area contributed by atoms with Crippen molar-refractivity contribution in [1.82, 2.24) is 16.0 Å². The highest BCUT2D eigenvalue weighted by Gasteiger charge is 2.15. The monoisotopic (exact) mass is 350 g/mol. The first-order valence-corrected chi connectivity index (χ1v) is 9.03. The lowest BCUT2D eigenvalue weighted by Gasteiger charge is -2.23. The molecule has 1 fully saturated rings. The highest BCUT2D eigenvalue weighted by Crippen LogP contribution is 2.17. The molecule has 132 valence electrons. The van der Waals surface area contributed by atoms with E-state index in [4.69, 9.17) is 11.6 Å². The van der Waals surface area contributed by atoms with Gasteiger partial charge in [0.05, 0.1) is 6.54 Å². The summed E-state index contributed by atoms with van der Waals surface area (Å²) in [5, 5.41) is 10.1. The van der Waals surface area contributed by atoms with Crippen LogP contribution in [0.3, 0.4) is 0 Å². The molecule has 0 atom stereocenters. The van der Waals surface area contributed by atoms with Crippen molar-refractivity contribution >= 4 is 23.5 Å². The zero-order valence-corrected chi connectivity index (χ0v) is 15.0. The van der Waals surface area contributed by atoms with Crippen molar-refractivity contribution < 1.29 is 4.79 Å². The zero-order valence-electron chi connectivity index (χ0n) is 14.3. The summed E-state index contributed by atoms with van der Waals surface area (Å²) in [5.74, 6) is 0.672. The molecule has 0 heterocycles. The van der Waals surface area contributed by atoms with Crippen molar-refractivity contribution in [1.29, 1.82) is 0 Å². The normalized spacial score (nSPS) is 15.8. The maximum absolute atomic E-state index is 12.0. The predicted octanol–water partition coefficient (Wildman–Crippen LogP) is 2.50. The molecule has 3 N–H and O–H groups in total. The number of nitrogens with zero attached hydrogens (tertiary/aromatic N) is 1. The molecule has 1 amide bonds. The van der Waals surface area contributed by atoms with Gasteiger partial charge in [-0.3, -0.25) is 9.79 Å². The predicted molar refractivity (Wildman–Crippen MR) is 99.5 cm³/mol. The molecule has 24 heavy (non-hydrogen) atoms. The third-order valence-electron chi connectivity index (χ3n) is 4.23. The van der Waals surface area contributed by atoms with Crippen LogP contribution in [0.5, 0.6) is 0 Å². The molecule has 0 spiro atoms. The van der Waals surface area contributed by atoms with Crippen molar-refractivity contribution in [2.45, 2.75) is 44.6 Å². The van der Waals surface area contributed by atoms with Gasteiger partial charge in [-0.15, -0.1) is 0 Å². The fraction of sp³-hybridized carbons (Fsp3) is 0.556. The number of hydrogen-bond acceptors (Lipinski definition) is 2. The van der Waals surface area contributed by atoms with Gasteiger partial charge in [-0.2, -0.15) is 0 Å². The average molecular weight is 351 g/mol. The number of rotatable bonds is 6. The summed E-state index contributed by atoms with van der Waals surface area (Å²) >= 11 is 5.88. The van der Waals surface area contributed by atoms with Gasteiger partial charge in [0.15, 0.2) is 5.96 Å². The van der Waals surface area contributed by atoms with Crippen LogP contribution in [0.25, 0.3) is 0 Å². The summed E-state index contributed by atoms with van der Waals surface area (Å²) < 4.78 is 0. The van der Waals surface area contributed by atoms with Crippen LogP contribution in [0.15, 0.2) is 29.3 Å². The maximum atomic E-state index is 12.0. The number of aliphatic imine (C=N–C) groups is 1. The summed E-state index contributed by atoms with van der Waals surface area (Å²) in [6.07, 6.45) is 6.78. The minimum absolute atomic E-state index is 0.0301. The smallest absolute Gasteiger partial charge is 0.239 e. The van der Waals surface area contributed by atoms with Crippen LogP contribution in [0.4, 0.5) is 0 Å². The average Bonchev–Trinajstić information content (AvgIpc) is 2.60. The van der Waals surface area contributed by atoms with Gasteiger partial charge in [0.2, 0.25) is 5.91 Å². The number of carbonyl (C=O) groups excluding carboxylic acids is 1. The van der Waals surface area contributed by atoms with Crippen LogP contribution in [0.1, 0.15) is 37.7 Å². The van der Waals surface area contributed by atoms with E-state index < -0.39 is 0 Å². The van der Waals surface area contributed by atoms with Crippen molar-refractivity contribution in [3.8, 4) is 0 Å². The third-order valence-corrected chi connectivity index (χ3v) is 4.48. The number of nitrogens with one attached hydrogen (secondary N) is 3. The maximum Gasteiger partial charge on any atom is 0.239 e. The highest BCUT2D eigenvalue weighted by molar-refractivity contribution is 6.30. The Morgan fingerprint density at radius 1 is 1.17 bits per heavy atom. The molecule has 0 unspecified atom stereocenters. The Morgan fingerprint density at radius 3 is 2.54 bits per heavy atom. The van der Waals surface area contributed by atoms with E-state index in [1.807, 2.05) is 24.3 Å². The van der Waals surface area contributed by atoms with Crippen molar-refractivity contribution in [3.63, 3.8) is 0 Å². The van der Waals surface area contributed by atoms with E-state index in [-0.39, 0.29) is 12.5 Å². The van der Waals surface area contributed by atoms with Gasteiger partial charge in [0, 0.05) is 24.7 Å². The summed E-state index contributed by atoms with van der Waals surface area (Å²) in [5.41, 5.74) is 1.21. The minimum atomic E-state index is 0.0301. The van der Waals surface area contributed by atoms with Gasteiger partial charge < -0.3 is 16.0 Å². The Kier molecular flexibility index (Phi) is 7.89. The molecule has 0 bridgehead atoms. The Morgan fingerprint density at radius 2 is 1.88 bits per heavy atom. The first-order chi connectivity index (χ1) is 11.7. The van der Waals surface area contributed by atoms with E-state index in [1.54, 1.807) is 7.05 Å². The van der Waals surface area contributed by atoms with E-state index in [0.29, 0.717) is 12.0 Å². The number of benzene rings is 1. The molecule has 1 aliphatic carbocycles.